The minimum atomic E-state index is -1.11. The number of aliphatic hydroxyl groups is 1. The Morgan fingerprint density at radius 2 is 2.00 bits per heavy atom. The van der Waals surface area contributed by atoms with Crippen molar-refractivity contribution < 1.29 is 24.9 Å². The van der Waals surface area contributed by atoms with E-state index in [4.69, 9.17) is 21.8 Å². The number of piperidine rings is 1. The van der Waals surface area contributed by atoms with Crippen LogP contribution in [0.4, 0.5) is 0 Å². The third-order valence-corrected chi connectivity index (χ3v) is 6.54. The average Bonchev–Trinajstić information content (AvgIpc) is 2.79. The largest absolute Gasteiger partial charge is 0.507 e. The van der Waals surface area contributed by atoms with Gasteiger partial charge in [-0.2, -0.15) is 0 Å². The number of carboxylic acid groups (broad SMARTS) is 1. The van der Waals surface area contributed by atoms with Crippen molar-refractivity contribution in [2.75, 3.05) is 6.54 Å². The van der Waals surface area contributed by atoms with Crippen LogP contribution in [0.1, 0.15) is 29.6 Å². The first-order chi connectivity index (χ1) is 16.2. The van der Waals surface area contributed by atoms with Gasteiger partial charge in [0.15, 0.2) is 5.78 Å². The Morgan fingerprint density at radius 1 is 1.26 bits per heavy atom. The van der Waals surface area contributed by atoms with Gasteiger partial charge >= 0.3 is 5.97 Å². The number of phenols is 1. The van der Waals surface area contributed by atoms with Gasteiger partial charge in [0.2, 0.25) is 0 Å². The van der Waals surface area contributed by atoms with E-state index in [9.17, 15) is 19.5 Å². The number of hydrogen-bond donors (Lipinski definition) is 4. The highest BCUT2D eigenvalue weighted by molar-refractivity contribution is 9.10. The Balaban J connectivity index is 0.000000271. The summed E-state index contributed by atoms with van der Waals surface area (Å²) in [6, 6.07) is 8.78. The first kappa shape index (κ1) is 25.8. The summed E-state index contributed by atoms with van der Waals surface area (Å²) < 4.78 is 1.94. The minimum absolute atomic E-state index is 0.0671. The number of Topliss-reactive ketones (excluding diaryl/α,β-unsaturated/α-hetero) is 1. The van der Waals surface area contributed by atoms with Gasteiger partial charge in [0, 0.05) is 16.9 Å². The molecule has 0 saturated carbocycles. The lowest BCUT2D eigenvalue weighted by Gasteiger charge is -2.28. The molecule has 0 aliphatic carbocycles. The molecule has 2 atom stereocenters. The van der Waals surface area contributed by atoms with Crippen molar-refractivity contribution in [2.24, 2.45) is 0 Å². The zero-order valence-corrected chi connectivity index (χ0v) is 20.3. The molecule has 11 heteroatoms. The predicted molar refractivity (Wildman–Crippen MR) is 130 cm³/mol. The molecule has 1 fully saturated rings. The summed E-state index contributed by atoms with van der Waals surface area (Å²) in [4.78, 5) is 39.3. The molecule has 4 rings (SSSR count). The monoisotopic (exact) mass is 551 g/mol. The summed E-state index contributed by atoms with van der Waals surface area (Å²) in [5, 5.41) is 31.2. The van der Waals surface area contributed by atoms with Crippen molar-refractivity contribution in [1.82, 2.24) is 14.9 Å². The lowest BCUT2D eigenvalue weighted by molar-refractivity contribution is -0.121. The van der Waals surface area contributed by atoms with Gasteiger partial charge in [0.1, 0.15) is 11.3 Å². The molecule has 9 nitrogen and oxygen atoms in total. The van der Waals surface area contributed by atoms with Gasteiger partial charge in [0.05, 0.1) is 34.9 Å². The SMILES string of the molecule is O=C(C[C@H]1NCCC[C@@H]1O)Cn1cnc2cc(Br)c(Cl)cc2c1=O.O=C(O)c1ccccc1O. The standard InChI is InChI=1S/C16H17BrClN3O3.C7H6O3/c17-11-6-13-10(5-12(11)18)16(24)21(8-20-13)7-9(22)4-14-15(23)2-1-3-19-14;8-6-4-2-1-3-5(6)7(9)10/h5-6,8,14-15,19,23H,1-4,7H2;1-4,8H,(H,9,10)/t14-,15+;/m1./s1. The van der Waals surface area contributed by atoms with Gasteiger partial charge in [-0.25, -0.2) is 9.78 Å². The Labute approximate surface area is 208 Å². The number of para-hydroxylation sites is 1. The quantitative estimate of drug-likeness (QED) is 0.379. The number of aliphatic hydroxyl groups excluding tert-OH is 1. The fourth-order valence-electron chi connectivity index (χ4n) is 3.56. The van der Waals surface area contributed by atoms with Gasteiger partial charge in [-0.1, -0.05) is 23.7 Å². The molecule has 1 aromatic heterocycles. The summed E-state index contributed by atoms with van der Waals surface area (Å²) in [5.41, 5.74) is 0.145. The Kier molecular flexibility index (Phi) is 8.78. The van der Waals surface area contributed by atoms with Gasteiger partial charge in [-0.3, -0.25) is 14.2 Å². The maximum Gasteiger partial charge on any atom is 0.339 e. The number of aromatic nitrogens is 2. The van der Waals surface area contributed by atoms with Crippen molar-refractivity contribution in [3.8, 4) is 5.75 Å². The smallest absolute Gasteiger partial charge is 0.339 e. The molecule has 4 N–H and O–H groups in total. The van der Waals surface area contributed by atoms with Crippen molar-refractivity contribution >= 4 is 50.2 Å². The maximum absolute atomic E-state index is 12.5. The number of hydrogen-bond acceptors (Lipinski definition) is 7. The molecule has 0 spiro atoms. The molecule has 0 unspecified atom stereocenters. The van der Waals surface area contributed by atoms with Gasteiger partial charge in [-0.05, 0) is 59.6 Å². The summed E-state index contributed by atoms with van der Waals surface area (Å²) in [6.45, 7) is 0.722. The highest BCUT2D eigenvalue weighted by Crippen LogP contribution is 2.25. The van der Waals surface area contributed by atoms with Gasteiger partial charge in [0.25, 0.3) is 5.56 Å². The number of benzene rings is 2. The topological polar surface area (TPSA) is 142 Å². The van der Waals surface area contributed by atoms with Crippen LogP contribution >= 0.6 is 27.5 Å². The van der Waals surface area contributed by atoms with Crippen LogP contribution in [0.5, 0.6) is 5.75 Å². The van der Waals surface area contributed by atoms with Crippen LogP contribution in [-0.4, -0.2) is 55.3 Å². The number of rotatable bonds is 5. The fraction of sp³-hybridized carbons (Fsp3) is 0.304. The number of fused-ring (bicyclic) bond motifs is 1. The van der Waals surface area contributed by atoms with Crippen molar-refractivity contribution in [3.63, 3.8) is 0 Å². The summed E-state index contributed by atoms with van der Waals surface area (Å²) in [5.74, 6) is -1.44. The third-order valence-electron chi connectivity index (χ3n) is 5.34. The van der Waals surface area contributed by atoms with Crippen molar-refractivity contribution in [1.29, 1.82) is 0 Å². The number of aromatic hydroxyl groups is 1. The molecule has 2 aromatic carbocycles. The maximum atomic E-state index is 12.5. The van der Waals surface area contributed by atoms with Crippen LogP contribution in [0.15, 0.2) is 52.0 Å². The zero-order chi connectivity index (χ0) is 24.8. The number of carboxylic acids is 1. The van der Waals surface area contributed by atoms with Crippen LogP contribution in [-0.2, 0) is 11.3 Å². The molecule has 2 heterocycles. The highest BCUT2D eigenvalue weighted by Gasteiger charge is 2.25. The number of halogens is 2. The molecule has 0 bridgehead atoms. The van der Waals surface area contributed by atoms with E-state index in [2.05, 4.69) is 26.2 Å². The van der Waals surface area contributed by atoms with E-state index in [1.54, 1.807) is 24.3 Å². The van der Waals surface area contributed by atoms with Crippen LogP contribution in [0.2, 0.25) is 5.02 Å². The lowest BCUT2D eigenvalue weighted by atomic mass is 9.97. The normalized spacial score (nSPS) is 17.6. The second-order valence-electron chi connectivity index (χ2n) is 7.80. The third kappa shape index (κ3) is 6.41. The molecule has 0 radical (unpaired) electrons. The Bertz CT molecular complexity index is 1270. The molecule has 180 valence electrons. The first-order valence-corrected chi connectivity index (χ1v) is 11.6. The molecular weight excluding hydrogens is 530 g/mol. The number of carbonyl (C=O) groups is 2. The van der Waals surface area contributed by atoms with Crippen molar-refractivity contribution in [3.05, 3.63) is 68.1 Å². The summed E-state index contributed by atoms with van der Waals surface area (Å²) in [6.07, 6.45) is 2.62. The van der Waals surface area contributed by atoms with Crippen LogP contribution in [0.25, 0.3) is 10.9 Å². The molecule has 34 heavy (non-hydrogen) atoms. The van der Waals surface area contributed by atoms with Crippen molar-refractivity contribution in [2.45, 2.75) is 38.0 Å². The molecule has 3 aromatic rings. The minimum Gasteiger partial charge on any atom is -0.507 e. The van der Waals surface area contributed by atoms with E-state index in [0.29, 0.717) is 26.8 Å². The van der Waals surface area contributed by atoms with Gasteiger partial charge in [-0.15, -0.1) is 0 Å². The molecule has 1 aliphatic heterocycles. The molecule has 1 saturated heterocycles. The predicted octanol–water partition coefficient (Wildman–Crippen LogP) is 2.97. The number of nitrogens with zero attached hydrogens (tertiary/aromatic N) is 2. The zero-order valence-electron chi connectivity index (χ0n) is 17.9. The van der Waals surface area contributed by atoms with Crippen LogP contribution in [0, 0.1) is 0 Å². The summed E-state index contributed by atoms with van der Waals surface area (Å²) in [7, 11) is 0. The van der Waals surface area contributed by atoms with E-state index in [-0.39, 0.29) is 41.7 Å². The Hall–Kier alpha value is -2.79. The number of carbonyl (C=O) groups excluding carboxylic acids is 1. The van der Waals surface area contributed by atoms with Gasteiger partial charge < -0.3 is 20.6 Å². The van der Waals surface area contributed by atoms with E-state index in [0.717, 1.165) is 13.0 Å². The average molecular weight is 553 g/mol. The van der Waals surface area contributed by atoms with E-state index >= 15 is 0 Å². The second-order valence-corrected chi connectivity index (χ2v) is 9.06. The molecular formula is C23H23BrClN3O6. The highest BCUT2D eigenvalue weighted by atomic mass is 79.9. The van der Waals surface area contributed by atoms with Crippen LogP contribution in [0.3, 0.4) is 0 Å². The molecule has 0 amide bonds. The lowest BCUT2D eigenvalue weighted by Crippen LogP contribution is -2.46. The van der Waals surface area contributed by atoms with E-state index < -0.39 is 12.1 Å². The number of ketones is 1. The first-order valence-electron chi connectivity index (χ1n) is 10.5. The second kappa shape index (κ2) is 11.6. The number of nitrogens with one attached hydrogen (secondary N) is 1. The number of aromatic carboxylic acids is 1. The van der Waals surface area contributed by atoms with E-state index in [1.807, 2.05) is 0 Å². The summed E-state index contributed by atoms with van der Waals surface area (Å²) >= 11 is 9.33. The molecule has 1 aliphatic rings. The fourth-order valence-corrected chi connectivity index (χ4v) is 4.06. The van der Waals surface area contributed by atoms with Crippen LogP contribution < -0.4 is 10.9 Å². The Morgan fingerprint density at radius 3 is 2.65 bits per heavy atom. The van der Waals surface area contributed by atoms with E-state index in [1.165, 1.54) is 23.0 Å².